The SMILES string of the molecule is CCNC(=O)NC(=O)[C@H](c1ccccc1)N1C[C@@H](C)O[C@H](C)C1. The predicted octanol–water partition coefficient (Wildman–Crippen LogP) is 1.68. The number of rotatable bonds is 4. The Kier molecular flexibility index (Phi) is 6.12. The van der Waals surface area contributed by atoms with Crippen molar-refractivity contribution in [2.75, 3.05) is 19.6 Å². The molecular weight excluding hydrogens is 294 g/mol. The minimum atomic E-state index is -0.507. The van der Waals surface area contributed by atoms with Crippen LogP contribution in [0.2, 0.25) is 0 Å². The Morgan fingerprint density at radius 2 is 1.83 bits per heavy atom. The van der Waals surface area contributed by atoms with E-state index in [0.717, 1.165) is 5.56 Å². The van der Waals surface area contributed by atoms with E-state index < -0.39 is 12.1 Å². The van der Waals surface area contributed by atoms with E-state index in [-0.39, 0.29) is 18.1 Å². The van der Waals surface area contributed by atoms with Gasteiger partial charge in [-0.3, -0.25) is 15.0 Å². The van der Waals surface area contributed by atoms with Gasteiger partial charge in [0.15, 0.2) is 0 Å². The molecule has 1 aromatic rings. The third-order valence-electron chi connectivity index (χ3n) is 3.75. The monoisotopic (exact) mass is 319 g/mol. The molecule has 6 nitrogen and oxygen atoms in total. The largest absolute Gasteiger partial charge is 0.373 e. The number of urea groups is 1. The van der Waals surface area contributed by atoms with Crippen LogP contribution in [0.25, 0.3) is 0 Å². The number of hydrogen-bond acceptors (Lipinski definition) is 4. The van der Waals surface area contributed by atoms with Crippen molar-refractivity contribution in [2.24, 2.45) is 0 Å². The van der Waals surface area contributed by atoms with Gasteiger partial charge in [-0.25, -0.2) is 4.79 Å². The van der Waals surface area contributed by atoms with E-state index in [4.69, 9.17) is 4.74 Å². The molecule has 0 aromatic heterocycles. The highest BCUT2D eigenvalue weighted by atomic mass is 16.5. The zero-order valence-corrected chi connectivity index (χ0v) is 13.9. The Morgan fingerprint density at radius 3 is 2.39 bits per heavy atom. The lowest BCUT2D eigenvalue weighted by atomic mass is 10.0. The summed E-state index contributed by atoms with van der Waals surface area (Å²) in [7, 11) is 0. The van der Waals surface area contributed by atoms with Gasteiger partial charge in [-0.1, -0.05) is 30.3 Å². The molecule has 1 heterocycles. The third kappa shape index (κ3) is 4.77. The van der Waals surface area contributed by atoms with Crippen LogP contribution in [0.3, 0.4) is 0 Å². The van der Waals surface area contributed by atoms with E-state index >= 15 is 0 Å². The second-order valence-electron chi connectivity index (χ2n) is 5.87. The van der Waals surface area contributed by atoms with E-state index in [1.807, 2.05) is 51.1 Å². The van der Waals surface area contributed by atoms with Crippen molar-refractivity contribution in [3.05, 3.63) is 35.9 Å². The molecular formula is C17H25N3O3. The number of ether oxygens (including phenoxy) is 1. The van der Waals surface area contributed by atoms with Gasteiger partial charge in [0.25, 0.3) is 0 Å². The molecule has 0 bridgehead atoms. The highest BCUT2D eigenvalue weighted by Crippen LogP contribution is 2.25. The summed E-state index contributed by atoms with van der Waals surface area (Å²) in [6.07, 6.45) is 0.0875. The van der Waals surface area contributed by atoms with E-state index in [2.05, 4.69) is 15.5 Å². The molecule has 3 atom stereocenters. The maximum atomic E-state index is 12.7. The average molecular weight is 319 g/mol. The highest BCUT2D eigenvalue weighted by molar-refractivity contribution is 5.97. The highest BCUT2D eigenvalue weighted by Gasteiger charge is 2.33. The normalized spacial score (nSPS) is 23.1. The Hall–Kier alpha value is -1.92. The van der Waals surface area contributed by atoms with Crippen LogP contribution >= 0.6 is 0 Å². The molecule has 2 N–H and O–H groups in total. The van der Waals surface area contributed by atoms with Gasteiger partial charge < -0.3 is 10.1 Å². The van der Waals surface area contributed by atoms with Crippen molar-refractivity contribution in [3.63, 3.8) is 0 Å². The standard InChI is InChI=1S/C17H25N3O3/c1-4-18-17(22)19-16(21)15(14-8-6-5-7-9-14)20-10-12(2)23-13(3)11-20/h5-9,12-13,15H,4,10-11H2,1-3H3,(H2,18,19,21,22)/t12-,13-,15+/m1/s1. The Balaban J connectivity index is 2.21. The first kappa shape index (κ1) is 17.4. The minimum Gasteiger partial charge on any atom is -0.373 e. The number of imide groups is 1. The van der Waals surface area contributed by atoms with Gasteiger partial charge in [0.1, 0.15) is 6.04 Å². The van der Waals surface area contributed by atoms with Gasteiger partial charge in [0.05, 0.1) is 12.2 Å². The lowest BCUT2D eigenvalue weighted by Crippen LogP contribution is -2.52. The Bertz CT molecular complexity index is 525. The van der Waals surface area contributed by atoms with Crippen LogP contribution in [-0.4, -0.2) is 48.7 Å². The van der Waals surface area contributed by atoms with E-state index in [9.17, 15) is 9.59 Å². The molecule has 1 saturated heterocycles. The quantitative estimate of drug-likeness (QED) is 0.886. The van der Waals surface area contributed by atoms with Gasteiger partial charge in [-0.05, 0) is 26.3 Å². The summed E-state index contributed by atoms with van der Waals surface area (Å²) in [5.74, 6) is -0.316. The van der Waals surface area contributed by atoms with Crippen molar-refractivity contribution in [3.8, 4) is 0 Å². The number of nitrogens with zero attached hydrogens (tertiary/aromatic N) is 1. The summed E-state index contributed by atoms with van der Waals surface area (Å²) in [5, 5.41) is 5.02. The van der Waals surface area contributed by atoms with Gasteiger partial charge >= 0.3 is 6.03 Å². The third-order valence-corrected chi connectivity index (χ3v) is 3.75. The van der Waals surface area contributed by atoms with E-state index in [0.29, 0.717) is 19.6 Å². The molecule has 0 radical (unpaired) electrons. The first-order valence-corrected chi connectivity index (χ1v) is 8.04. The number of nitrogens with one attached hydrogen (secondary N) is 2. The van der Waals surface area contributed by atoms with Crippen molar-refractivity contribution in [1.29, 1.82) is 0 Å². The fraction of sp³-hybridized carbons (Fsp3) is 0.529. The predicted molar refractivity (Wildman–Crippen MR) is 88.0 cm³/mol. The van der Waals surface area contributed by atoms with Crippen LogP contribution in [-0.2, 0) is 9.53 Å². The number of morpholine rings is 1. The summed E-state index contributed by atoms with van der Waals surface area (Å²) in [6.45, 7) is 7.56. The molecule has 1 aliphatic rings. The van der Waals surface area contributed by atoms with Gasteiger partial charge in [-0.2, -0.15) is 0 Å². The molecule has 23 heavy (non-hydrogen) atoms. The van der Waals surface area contributed by atoms with Crippen LogP contribution in [0.1, 0.15) is 32.4 Å². The fourth-order valence-corrected chi connectivity index (χ4v) is 2.98. The summed E-state index contributed by atoms with van der Waals surface area (Å²) in [5.41, 5.74) is 0.871. The maximum absolute atomic E-state index is 12.7. The van der Waals surface area contributed by atoms with Gasteiger partial charge in [0, 0.05) is 19.6 Å². The smallest absolute Gasteiger partial charge is 0.321 e. The van der Waals surface area contributed by atoms with E-state index in [1.54, 1.807) is 0 Å². The molecule has 6 heteroatoms. The average Bonchev–Trinajstić information content (AvgIpc) is 2.47. The van der Waals surface area contributed by atoms with Gasteiger partial charge in [-0.15, -0.1) is 0 Å². The lowest BCUT2D eigenvalue weighted by molar-refractivity contribution is -0.132. The van der Waals surface area contributed by atoms with Crippen LogP contribution in [0, 0.1) is 0 Å². The molecule has 1 fully saturated rings. The molecule has 3 amide bonds. The van der Waals surface area contributed by atoms with Crippen LogP contribution in [0.4, 0.5) is 4.79 Å². The van der Waals surface area contributed by atoms with Crippen LogP contribution < -0.4 is 10.6 Å². The van der Waals surface area contributed by atoms with Gasteiger partial charge in [0.2, 0.25) is 5.91 Å². The molecule has 0 saturated carbocycles. The second kappa shape index (κ2) is 8.08. The molecule has 0 aliphatic carbocycles. The number of carbonyl (C=O) groups excluding carboxylic acids is 2. The molecule has 2 rings (SSSR count). The molecule has 0 spiro atoms. The number of carbonyl (C=O) groups is 2. The molecule has 0 unspecified atom stereocenters. The van der Waals surface area contributed by atoms with E-state index in [1.165, 1.54) is 0 Å². The molecule has 1 aliphatic heterocycles. The summed E-state index contributed by atoms with van der Waals surface area (Å²) in [6, 6.07) is 8.55. The Morgan fingerprint density at radius 1 is 1.22 bits per heavy atom. The summed E-state index contributed by atoms with van der Waals surface area (Å²) in [4.78, 5) is 26.5. The van der Waals surface area contributed by atoms with Crippen molar-refractivity contribution >= 4 is 11.9 Å². The lowest BCUT2D eigenvalue weighted by Gasteiger charge is -2.39. The maximum Gasteiger partial charge on any atom is 0.321 e. The zero-order valence-electron chi connectivity index (χ0n) is 13.9. The number of hydrogen-bond donors (Lipinski definition) is 2. The molecule has 126 valence electrons. The summed E-state index contributed by atoms with van der Waals surface area (Å²) < 4.78 is 5.75. The first-order chi connectivity index (χ1) is 11.0. The second-order valence-corrected chi connectivity index (χ2v) is 5.87. The number of benzene rings is 1. The van der Waals surface area contributed by atoms with Crippen molar-refractivity contribution in [1.82, 2.24) is 15.5 Å². The minimum absolute atomic E-state index is 0.0437. The summed E-state index contributed by atoms with van der Waals surface area (Å²) >= 11 is 0. The Labute approximate surface area is 137 Å². The van der Waals surface area contributed by atoms with Crippen molar-refractivity contribution < 1.29 is 14.3 Å². The number of amides is 3. The first-order valence-electron chi connectivity index (χ1n) is 8.04. The molecule has 1 aromatic carbocycles. The van der Waals surface area contributed by atoms with Crippen LogP contribution in [0.15, 0.2) is 30.3 Å². The fourth-order valence-electron chi connectivity index (χ4n) is 2.98. The van der Waals surface area contributed by atoms with Crippen molar-refractivity contribution in [2.45, 2.75) is 39.0 Å². The zero-order chi connectivity index (χ0) is 16.8. The van der Waals surface area contributed by atoms with Crippen LogP contribution in [0.5, 0.6) is 0 Å². The topological polar surface area (TPSA) is 70.7 Å².